The summed E-state index contributed by atoms with van der Waals surface area (Å²) in [5.74, 6) is 0.682. The zero-order valence-electron chi connectivity index (χ0n) is 21.7. The van der Waals surface area contributed by atoms with Crippen molar-refractivity contribution in [3.63, 3.8) is 0 Å². The van der Waals surface area contributed by atoms with Crippen molar-refractivity contribution in [2.24, 2.45) is 0 Å². The Hall–Kier alpha value is -2.80. The van der Waals surface area contributed by atoms with Gasteiger partial charge in [-0.25, -0.2) is 19.1 Å². The average molecular weight is 608 g/mol. The van der Waals surface area contributed by atoms with Crippen LogP contribution in [-0.2, 0) is 24.1 Å². The minimum absolute atomic E-state index is 0.00149. The van der Waals surface area contributed by atoms with E-state index in [1.54, 1.807) is 11.1 Å². The highest BCUT2D eigenvalue weighted by Crippen LogP contribution is 2.19. The third-order valence-corrected chi connectivity index (χ3v) is 6.90. The molecule has 1 aromatic carbocycles. The molecule has 0 saturated heterocycles. The molecule has 0 unspecified atom stereocenters. The van der Waals surface area contributed by atoms with Gasteiger partial charge in [0.1, 0.15) is 6.54 Å². The van der Waals surface area contributed by atoms with E-state index < -0.39 is 0 Å². The average Bonchev–Trinajstić information content (AvgIpc) is 3.18. The van der Waals surface area contributed by atoms with E-state index in [0.29, 0.717) is 35.3 Å². The molecule has 2 aromatic heterocycles. The number of nitrogens with two attached hydrogens (primary N) is 1. The highest BCUT2D eigenvalue weighted by molar-refractivity contribution is 14.1. The normalized spacial score (nSPS) is 11.3. The fourth-order valence-electron chi connectivity index (χ4n) is 4.28. The summed E-state index contributed by atoms with van der Waals surface area (Å²) < 4.78 is 4.93. The molecule has 36 heavy (non-hydrogen) atoms. The second kappa shape index (κ2) is 12.4. The zero-order chi connectivity index (χ0) is 26.4. The lowest BCUT2D eigenvalue weighted by Crippen LogP contribution is -2.40. The van der Waals surface area contributed by atoms with Crippen molar-refractivity contribution < 1.29 is 14.2 Å². The third kappa shape index (κ3) is 6.12. The molecule has 3 N–H and O–H groups in total. The van der Waals surface area contributed by atoms with Gasteiger partial charge in [0.2, 0.25) is 0 Å². The maximum atomic E-state index is 13.1. The Kier molecular flexibility index (Phi) is 9.60. The van der Waals surface area contributed by atoms with Crippen LogP contribution in [-0.4, -0.2) is 70.4 Å². The number of nitrogen functional groups attached to an aromatic ring is 1. The van der Waals surface area contributed by atoms with Crippen LogP contribution in [0.3, 0.4) is 0 Å². The second-order valence-corrected chi connectivity index (χ2v) is 9.67. The van der Waals surface area contributed by atoms with E-state index in [9.17, 15) is 9.59 Å². The molecule has 0 fully saturated rings. The lowest BCUT2D eigenvalue weighted by molar-refractivity contribution is -0.676. The van der Waals surface area contributed by atoms with Crippen molar-refractivity contribution in [1.82, 2.24) is 29.7 Å². The van der Waals surface area contributed by atoms with Crippen LogP contribution < -0.4 is 15.6 Å². The Bertz CT molecular complexity index is 1240. The highest BCUT2D eigenvalue weighted by Gasteiger charge is 2.26. The molecule has 2 heterocycles. The maximum Gasteiger partial charge on any atom is 0.277 e. The second-order valence-electron chi connectivity index (χ2n) is 8.90. The summed E-state index contributed by atoms with van der Waals surface area (Å²) in [4.78, 5) is 38.3. The molecule has 0 aliphatic carbocycles. The lowest BCUT2D eigenvalue weighted by Gasteiger charge is -2.18. The molecule has 10 nitrogen and oxygen atoms in total. The maximum absolute atomic E-state index is 13.1. The number of imidazole rings is 1. The van der Waals surface area contributed by atoms with Crippen molar-refractivity contribution >= 4 is 51.3 Å². The first-order valence-corrected chi connectivity index (χ1v) is 13.6. The van der Waals surface area contributed by atoms with Gasteiger partial charge in [0.15, 0.2) is 22.5 Å². The van der Waals surface area contributed by atoms with E-state index in [1.807, 2.05) is 39.3 Å². The summed E-state index contributed by atoms with van der Waals surface area (Å²) in [6, 6.07) is 5.83. The number of halogens is 1. The molecule has 0 aliphatic heterocycles. The molecule has 2 amide bonds. The minimum Gasteiger partial charge on any atom is -0.382 e. The van der Waals surface area contributed by atoms with Crippen LogP contribution >= 0.6 is 22.6 Å². The van der Waals surface area contributed by atoms with Crippen LogP contribution in [0.15, 0.2) is 24.4 Å². The summed E-state index contributed by atoms with van der Waals surface area (Å²) in [5, 5.41) is 2.96. The fourth-order valence-corrected chi connectivity index (χ4v) is 4.64. The molecule has 194 valence electrons. The summed E-state index contributed by atoms with van der Waals surface area (Å²) in [6.45, 7) is 7.45. The van der Waals surface area contributed by atoms with E-state index in [4.69, 9.17) is 5.73 Å². The van der Waals surface area contributed by atoms with E-state index in [2.05, 4.69) is 65.8 Å². The molecule has 11 heteroatoms. The van der Waals surface area contributed by atoms with Crippen molar-refractivity contribution in [3.8, 4) is 0 Å². The molecule has 0 saturated carbocycles. The first kappa shape index (κ1) is 27.8. The summed E-state index contributed by atoms with van der Waals surface area (Å²) in [7, 11) is 5.90. The number of hydrogen-bond donors (Lipinski definition) is 2. The van der Waals surface area contributed by atoms with Gasteiger partial charge in [-0.2, -0.15) is 0 Å². The number of benzene rings is 1. The standard InChI is InChI=1S/C25H35IN8O2/c1-6-33-19-10-9-17(25(36)32(5)12-8-11-31(3)4)13-20(19)34(7-2)21(33)16-29-24(35)22-23(27)28-15-18(14-26)30-22/h9-10,13,15H,6-8,11-12,14,16H2,1-5H3,(H2-,27,28,29,35)/p+1. The number of carbonyl (C=O) groups is 2. The highest BCUT2D eigenvalue weighted by atomic mass is 127. The predicted molar refractivity (Wildman–Crippen MR) is 149 cm³/mol. The largest absolute Gasteiger partial charge is 0.382 e. The smallest absolute Gasteiger partial charge is 0.277 e. The Morgan fingerprint density at radius 3 is 2.58 bits per heavy atom. The van der Waals surface area contributed by atoms with Crippen molar-refractivity contribution in [3.05, 3.63) is 47.2 Å². The molecule has 0 spiro atoms. The Labute approximate surface area is 226 Å². The number of fused-ring (bicyclic) bond motifs is 1. The molecular weight excluding hydrogens is 571 g/mol. The third-order valence-electron chi connectivity index (χ3n) is 6.11. The van der Waals surface area contributed by atoms with Crippen molar-refractivity contribution in [2.75, 3.05) is 40.0 Å². The summed E-state index contributed by atoms with van der Waals surface area (Å²) >= 11 is 2.17. The van der Waals surface area contributed by atoms with Crippen LogP contribution in [0.5, 0.6) is 0 Å². The van der Waals surface area contributed by atoms with Gasteiger partial charge < -0.3 is 20.9 Å². The number of rotatable bonds is 11. The Balaban J connectivity index is 1.88. The SMILES string of the molecule is CCn1c(CNC(=O)c2nc(CI)cnc2N)[n+](CC)c2ccc(C(=O)N(C)CCCN(C)C)cc21. The zero-order valence-corrected chi connectivity index (χ0v) is 23.9. The van der Waals surface area contributed by atoms with Crippen LogP contribution in [0.25, 0.3) is 11.0 Å². The van der Waals surface area contributed by atoms with Gasteiger partial charge >= 0.3 is 0 Å². The first-order valence-electron chi connectivity index (χ1n) is 12.1. The number of nitrogens with zero attached hydrogens (tertiary/aromatic N) is 6. The lowest BCUT2D eigenvalue weighted by atomic mass is 10.1. The minimum atomic E-state index is -0.363. The Morgan fingerprint density at radius 2 is 1.94 bits per heavy atom. The van der Waals surface area contributed by atoms with Gasteiger partial charge in [0.05, 0.1) is 25.0 Å². The van der Waals surface area contributed by atoms with E-state index in [0.717, 1.165) is 36.4 Å². The number of alkyl halides is 1. The molecule has 3 aromatic rings. The quantitative estimate of drug-likeness (QED) is 0.197. The van der Waals surface area contributed by atoms with Crippen LogP contribution in [0, 0.1) is 0 Å². The van der Waals surface area contributed by atoms with E-state index in [-0.39, 0.29) is 23.3 Å². The first-order chi connectivity index (χ1) is 17.2. The van der Waals surface area contributed by atoms with Gasteiger partial charge in [0, 0.05) is 29.6 Å². The Morgan fingerprint density at radius 1 is 1.19 bits per heavy atom. The molecule has 0 radical (unpaired) electrons. The van der Waals surface area contributed by atoms with Gasteiger partial charge in [-0.05, 0) is 53.0 Å². The number of aryl methyl sites for hydroxylation is 2. The van der Waals surface area contributed by atoms with Crippen LogP contribution in [0.1, 0.15) is 52.6 Å². The number of amides is 2. The van der Waals surface area contributed by atoms with Gasteiger partial charge in [0.25, 0.3) is 17.6 Å². The summed E-state index contributed by atoms with van der Waals surface area (Å²) in [5.41, 5.74) is 9.38. The molecule has 0 atom stereocenters. The van der Waals surface area contributed by atoms with Crippen LogP contribution in [0.4, 0.5) is 5.82 Å². The van der Waals surface area contributed by atoms with E-state index >= 15 is 0 Å². The molecular formula is C25H36IN8O2+. The van der Waals surface area contributed by atoms with Gasteiger partial charge in [-0.1, -0.05) is 22.6 Å². The predicted octanol–water partition coefficient (Wildman–Crippen LogP) is 2.23. The number of carbonyl (C=O) groups excluding carboxylic acids is 2. The van der Waals surface area contributed by atoms with Crippen molar-refractivity contribution in [1.29, 1.82) is 0 Å². The summed E-state index contributed by atoms with van der Waals surface area (Å²) in [6.07, 6.45) is 2.50. The van der Waals surface area contributed by atoms with Crippen molar-refractivity contribution in [2.45, 2.75) is 44.3 Å². The molecule has 0 bridgehead atoms. The topological polar surface area (TPSA) is 113 Å². The number of anilines is 1. The number of nitrogens with one attached hydrogen (secondary N) is 1. The van der Waals surface area contributed by atoms with E-state index in [1.165, 1.54) is 0 Å². The number of hydrogen-bond acceptors (Lipinski definition) is 6. The monoisotopic (exact) mass is 607 g/mol. The fraction of sp³-hybridized carbons (Fsp3) is 0.480. The molecule has 0 aliphatic rings. The number of aromatic nitrogens is 4. The van der Waals surface area contributed by atoms with Gasteiger partial charge in [-0.15, -0.1) is 0 Å². The van der Waals surface area contributed by atoms with Crippen LogP contribution in [0.2, 0.25) is 0 Å². The molecule has 3 rings (SSSR count). The van der Waals surface area contributed by atoms with Gasteiger partial charge in [-0.3, -0.25) is 9.59 Å².